The Labute approximate surface area is 99.9 Å². The van der Waals surface area contributed by atoms with Crippen molar-refractivity contribution < 1.29 is 9.53 Å². The van der Waals surface area contributed by atoms with Crippen LogP contribution in [0.2, 0.25) is 0 Å². The third kappa shape index (κ3) is 5.99. The number of rotatable bonds is 7. The molecule has 16 heavy (non-hydrogen) atoms. The molecule has 1 N–H and O–H groups in total. The molecule has 1 amide bonds. The molecule has 0 fully saturated rings. The number of carbonyl (C=O) groups is 1. The quantitative estimate of drug-likeness (QED) is 0.724. The average molecular weight is 229 g/mol. The van der Waals surface area contributed by atoms with E-state index in [1.54, 1.807) is 0 Å². The van der Waals surface area contributed by atoms with Gasteiger partial charge in [0.1, 0.15) is 6.10 Å². The number of hydrogen-bond donors (Lipinski definition) is 1. The van der Waals surface area contributed by atoms with Crippen LogP contribution in [0, 0.1) is 11.8 Å². The zero-order valence-corrected chi connectivity index (χ0v) is 11.4. The van der Waals surface area contributed by atoms with E-state index in [4.69, 9.17) is 4.74 Å². The summed E-state index contributed by atoms with van der Waals surface area (Å²) in [6.45, 7) is 11.3. The molecule has 0 spiro atoms. The molecule has 0 aromatic carbocycles. The van der Waals surface area contributed by atoms with E-state index in [9.17, 15) is 4.79 Å². The van der Waals surface area contributed by atoms with Crippen molar-refractivity contribution in [2.75, 3.05) is 6.54 Å². The van der Waals surface area contributed by atoms with Gasteiger partial charge in [-0.25, -0.2) is 4.79 Å². The van der Waals surface area contributed by atoms with Crippen LogP contribution in [-0.2, 0) is 4.74 Å². The van der Waals surface area contributed by atoms with Gasteiger partial charge in [-0.05, 0) is 24.7 Å². The van der Waals surface area contributed by atoms with Gasteiger partial charge >= 0.3 is 6.09 Å². The van der Waals surface area contributed by atoms with Gasteiger partial charge in [-0.2, -0.15) is 0 Å². The van der Waals surface area contributed by atoms with Crippen molar-refractivity contribution in [2.24, 2.45) is 11.8 Å². The maximum atomic E-state index is 11.5. The number of hydrogen-bond acceptors (Lipinski definition) is 2. The van der Waals surface area contributed by atoms with E-state index in [-0.39, 0.29) is 12.2 Å². The van der Waals surface area contributed by atoms with Gasteiger partial charge in [0, 0.05) is 6.54 Å². The third-order valence-electron chi connectivity index (χ3n) is 2.99. The lowest BCUT2D eigenvalue weighted by molar-refractivity contribution is 0.0464. The molecule has 0 bridgehead atoms. The highest BCUT2D eigenvalue weighted by molar-refractivity contribution is 5.67. The lowest BCUT2D eigenvalue weighted by Gasteiger charge is -2.26. The number of ether oxygens (including phenoxy) is 1. The zero-order valence-electron chi connectivity index (χ0n) is 11.4. The van der Waals surface area contributed by atoms with E-state index < -0.39 is 0 Å². The summed E-state index contributed by atoms with van der Waals surface area (Å²) < 4.78 is 5.47. The van der Waals surface area contributed by atoms with Crippen molar-refractivity contribution in [2.45, 2.75) is 60.0 Å². The third-order valence-corrected chi connectivity index (χ3v) is 2.99. The van der Waals surface area contributed by atoms with Crippen LogP contribution in [0.4, 0.5) is 4.79 Å². The maximum Gasteiger partial charge on any atom is 0.407 e. The monoisotopic (exact) mass is 229 g/mol. The summed E-state index contributed by atoms with van der Waals surface area (Å²) >= 11 is 0. The molecule has 0 saturated carbocycles. The second-order valence-corrected chi connectivity index (χ2v) is 4.76. The summed E-state index contributed by atoms with van der Waals surface area (Å²) in [5.41, 5.74) is 0. The van der Waals surface area contributed by atoms with Crippen molar-refractivity contribution >= 4 is 6.09 Å². The van der Waals surface area contributed by atoms with Crippen LogP contribution in [0.1, 0.15) is 53.9 Å². The summed E-state index contributed by atoms with van der Waals surface area (Å²) in [6.07, 6.45) is 2.70. The molecule has 0 rings (SSSR count). The standard InChI is InChI=1S/C13H27NO2/c1-6-8-12(11(5)10(3)4)16-13(15)14-9-7-2/h10-12H,6-9H2,1-5H3,(H,14,15). The topological polar surface area (TPSA) is 38.3 Å². The number of alkyl carbamates (subject to hydrolysis) is 1. The Morgan fingerprint density at radius 2 is 1.81 bits per heavy atom. The minimum atomic E-state index is -0.271. The van der Waals surface area contributed by atoms with Gasteiger partial charge in [-0.1, -0.05) is 41.0 Å². The Morgan fingerprint density at radius 1 is 1.19 bits per heavy atom. The first-order chi connectivity index (χ1) is 7.52. The lowest BCUT2D eigenvalue weighted by atomic mass is 9.90. The van der Waals surface area contributed by atoms with Crippen molar-refractivity contribution in [3.63, 3.8) is 0 Å². The number of nitrogens with one attached hydrogen (secondary N) is 1. The first kappa shape index (κ1) is 15.3. The number of amides is 1. The summed E-state index contributed by atoms with van der Waals surface area (Å²) in [5, 5.41) is 2.75. The second kappa shape index (κ2) is 8.43. The summed E-state index contributed by atoms with van der Waals surface area (Å²) in [4.78, 5) is 11.5. The molecule has 2 unspecified atom stereocenters. The van der Waals surface area contributed by atoms with Crippen molar-refractivity contribution in [3.05, 3.63) is 0 Å². The Morgan fingerprint density at radius 3 is 2.25 bits per heavy atom. The van der Waals surface area contributed by atoms with Crippen LogP contribution in [0.25, 0.3) is 0 Å². The first-order valence-electron chi connectivity index (χ1n) is 6.47. The Hall–Kier alpha value is -0.730. The molecule has 0 aliphatic rings. The van der Waals surface area contributed by atoms with Crippen LogP contribution >= 0.6 is 0 Å². The van der Waals surface area contributed by atoms with Gasteiger partial charge in [0.25, 0.3) is 0 Å². The van der Waals surface area contributed by atoms with Crippen LogP contribution in [0.5, 0.6) is 0 Å². The van der Waals surface area contributed by atoms with Gasteiger partial charge in [0.15, 0.2) is 0 Å². The van der Waals surface area contributed by atoms with E-state index in [0.717, 1.165) is 19.3 Å². The van der Waals surface area contributed by atoms with Crippen LogP contribution < -0.4 is 5.32 Å². The van der Waals surface area contributed by atoms with E-state index >= 15 is 0 Å². The second-order valence-electron chi connectivity index (χ2n) is 4.76. The molecule has 0 aliphatic carbocycles. The molecule has 0 aliphatic heterocycles. The molecular weight excluding hydrogens is 202 g/mol. The number of carbonyl (C=O) groups excluding carboxylic acids is 1. The summed E-state index contributed by atoms with van der Waals surface area (Å²) in [5.74, 6) is 0.947. The molecule has 0 radical (unpaired) electrons. The highest BCUT2D eigenvalue weighted by Gasteiger charge is 2.23. The molecule has 0 aromatic heterocycles. The SMILES string of the molecule is CCCNC(=O)OC(CCC)C(C)C(C)C. The van der Waals surface area contributed by atoms with Gasteiger partial charge in [-0.3, -0.25) is 0 Å². The van der Waals surface area contributed by atoms with Crippen molar-refractivity contribution in [3.8, 4) is 0 Å². The molecule has 96 valence electrons. The molecule has 0 aromatic rings. The highest BCUT2D eigenvalue weighted by atomic mass is 16.6. The molecule has 3 nitrogen and oxygen atoms in total. The molecule has 0 heterocycles. The average Bonchev–Trinajstić information content (AvgIpc) is 2.24. The van der Waals surface area contributed by atoms with E-state index in [2.05, 4.69) is 33.0 Å². The smallest absolute Gasteiger partial charge is 0.407 e. The fraction of sp³-hybridized carbons (Fsp3) is 0.923. The van der Waals surface area contributed by atoms with E-state index in [1.165, 1.54) is 0 Å². The summed E-state index contributed by atoms with van der Waals surface area (Å²) in [7, 11) is 0. The lowest BCUT2D eigenvalue weighted by Crippen LogP contribution is -2.34. The predicted molar refractivity (Wildman–Crippen MR) is 67.5 cm³/mol. The van der Waals surface area contributed by atoms with Gasteiger partial charge in [0.05, 0.1) is 0 Å². The Kier molecular flexibility index (Phi) is 8.04. The normalized spacial score (nSPS) is 14.6. The Balaban J connectivity index is 4.16. The Bertz CT molecular complexity index is 192. The van der Waals surface area contributed by atoms with Gasteiger partial charge in [0.2, 0.25) is 0 Å². The maximum absolute atomic E-state index is 11.5. The van der Waals surface area contributed by atoms with Crippen molar-refractivity contribution in [1.29, 1.82) is 0 Å². The predicted octanol–water partition coefficient (Wildman–Crippen LogP) is 3.58. The fourth-order valence-electron chi connectivity index (χ4n) is 1.55. The zero-order chi connectivity index (χ0) is 12.6. The van der Waals surface area contributed by atoms with Crippen LogP contribution in [-0.4, -0.2) is 18.7 Å². The molecule has 2 atom stereocenters. The van der Waals surface area contributed by atoms with Gasteiger partial charge < -0.3 is 10.1 Å². The highest BCUT2D eigenvalue weighted by Crippen LogP contribution is 2.21. The minimum Gasteiger partial charge on any atom is -0.446 e. The molecular formula is C13H27NO2. The van der Waals surface area contributed by atoms with Crippen LogP contribution in [0.3, 0.4) is 0 Å². The fourth-order valence-corrected chi connectivity index (χ4v) is 1.55. The van der Waals surface area contributed by atoms with Crippen molar-refractivity contribution in [1.82, 2.24) is 5.32 Å². The molecule has 3 heteroatoms. The minimum absolute atomic E-state index is 0.0434. The first-order valence-corrected chi connectivity index (χ1v) is 6.47. The van der Waals surface area contributed by atoms with Gasteiger partial charge in [-0.15, -0.1) is 0 Å². The summed E-state index contributed by atoms with van der Waals surface area (Å²) in [6, 6.07) is 0. The molecule has 0 saturated heterocycles. The largest absolute Gasteiger partial charge is 0.446 e. The van der Waals surface area contributed by atoms with Crippen LogP contribution in [0.15, 0.2) is 0 Å². The van der Waals surface area contributed by atoms with E-state index in [0.29, 0.717) is 18.4 Å². The van der Waals surface area contributed by atoms with E-state index in [1.807, 2.05) is 6.92 Å².